The molecule has 2 N–H and O–H groups in total. The van der Waals surface area contributed by atoms with E-state index in [1.807, 2.05) is 0 Å². The van der Waals surface area contributed by atoms with E-state index in [0.717, 1.165) is 4.57 Å². The highest BCUT2D eigenvalue weighted by Gasteiger charge is 2.12. The van der Waals surface area contributed by atoms with Gasteiger partial charge in [-0.05, 0) is 24.3 Å². The Kier molecular flexibility index (Phi) is 5.75. The second kappa shape index (κ2) is 8.58. The molecule has 3 aromatic rings. The Balaban J connectivity index is 1.49. The number of para-hydroxylation sites is 1. The van der Waals surface area contributed by atoms with E-state index in [9.17, 15) is 19.2 Å². The molecule has 0 atom stereocenters. The van der Waals surface area contributed by atoms with Crippen LogP contribution in [0.3, 0.4) is 0 Å². The molecule has 0 aliphatic heterocycles. The number of rotatable bonds is 5. The Morgan fingerprint density at radius 1 is 0.964 bits per heavy atom. The molecule has 3 rings (SSSR count). The maximum atomic E-state index is 12.3. The van der Waals surface area contributed by atoms with Gasteiger partial charge in [0.1, 0.15) is 6.54 Å². The fraction of sp³-hybridized carbons (Fsp3) is 0.105. The van der Waals surface area contributed by atoms with Gasteiger partial charge in [0, 0.05) is 5.56 Å². The summed E-state index contributed by atoms with van der Waals surface area (Å²) >= 11 is 0. The lowest BCUT2D eigenvalue weighted by Gasteiger charge is -2.09. The number of nitrogens with one attached hydrogen (secondary N) is 2. The first-order chi connectivity index (χ1) is 13.5. The third-order valence-electron chi connectivity index (χ3n) is 3.75. The minimum atomic E-state index is -0.788. The van der Waals surface area contributed by atoms with Gasteiger partial charge in [0.05, 0.1) is 17.2 Å². The van der Waals surface area contributed by atoms with E-state index in [2.05, 4.69) is 15.8 Å². The van der Waals surface area contributed by atoms with E-state index in [0.29, 0.717) is 16.5 Å². The number of hydrogen-bond donors (Lipinski definition) is 2. The zero-order chi connectivity index (χ0) is 19.9. The molecule has 9 nitrogen and oxygen atoms in total. The number of esters is 1. The Labute approximate surface area is 158 Å². The predicted molar refractivity (Wildman–Crippen MR) is 99.0 cm³/mol. The fourth-order valence-corrected chi connectivity index (χ4v) is 2.37. The van der Waals surface area contributed by atoms with Crippen LogP contribution in [0.15, 0.2) is 65.7 Å². The number of nitrogens with zero attached hydrogens (tertiary/aromatic N) is 2. The fourth-order valence-electron chi connectivity index (χ4n) is 2.37. The normalized spacial score (nSPS) is 10.3. The second-order valence-corrected chi connectivity index (χ2v) is 5.72. The summed E-state index contributed by atoms with van der Waals surface area (Å²) in [4.78, 5) is 51.8. The molecular formula is C19H16N4O5. The third kappa shape index (κ3) is 4.58. The van der Waals surface area contributed by atoms with Gasteiger partial charge in [0.2, 0.25) is 0 Å². The first kappa shape index (κ1) is 18.8. The second-order valence-electron chi connectivity index (χ2n) is 5.72. The summed E-state index contributed by atoms with van der Waals surface area (Å²) in [5.74, 6) is -2.01. The molecule has 2 amide bonds. The SMILES string of the molecule is O=C(COC(=O)Cn1cnc2ccccc2c1=O)NNC(=O)c1ccccc1. The van der Waals surface area contributed by atoms with Crippen LogP contribution >= 0.6 is 0 Å². The average molecular weight is 380 g/mol. The molecule has 0 bridgehead atoms. The van der Waals surface area contributed by atoms with Gasteiger partial charge in [-0.15, -0.1) is 0 Å². The van der Waals surface area contributed by atoms with Gasteiger partial charge in [-0.2, -0.15) is 0 Å². The summed E-state index contributed by atoms with van der Waals surface area (Å²) in [6.07, 6.45) is 1.24. The summed E-state index contributed by atoms with van der Waals surface area (Å²) in [6.45, 7) is -0.996. The van der Waals surface area contributed by atoms with Gasteiger partial charge in [-0.25, -0.2) is 4.98 Å². The number of hydrazine groups is 1. The van der Waals surface area contributed by atoms with Crippen molar-refractivity contribution in [2.24, 2.45) is 0 Å². The highest BCUT2D eigenvalue weighted by molar-refractivity contribution is 5.95. The van der Waals surface area contributed by atoms with Crippen LogP contribution in [0.4, 0.5) is 0 Å². The zero-order valence-corrected chi connectivity index (χ0v) is 14.6. The smallest absolute Gasteiger partial charge is 0.326 e. The highest BCUT2D eigenvalue weighted by Crippen LogP contribution is 2.04. The molecule has 142 valence electrons. The zero-order valence-electron chi connectivity index (χ0n) is 14.6. The van der Waals surface area contributed by atoms with E-state index in [-0.39, 0.29) is 12.1 Å². The molecular weight excluding hydrogens is 364 g/mol. The van der Waals surface area contributed by atoms with E-state index in [1.54, 1.807) is 54.6 Å². The number of fused-ring (bicyclic) bond motifs is 1. The molecule has 28 heavy (non-hydrogen) atoms. The van der Waals surface area contributed by atoms with Gasteiger partial charge < -0.3 is 4.74 Å². The number of aromatic nitrogens is 2. The van der Waals surface area contributed by atoms with Crippen LogP contribution in [0.1, 0.15) is 10.4 Å². The van der Waals surface area contributed by atoms with Crippen LogP contribution in [-0.4, -0.2) is 33.9 Å². The largest absolute Gasteiger partial charge is 0.454 e. The van der Waals surface area contributed by atoms with E-state index < -0.39 is 24.4 Å². The maximum absolute atomic E-state index is 12.3. The van der Waals surface area contributed by atoms with E-state index in [4.69, 9.17) is 4.74 Å². The van der Waals surface area contributed by atoms with Crippen LogP contribution in [0.25, 0.3) is 10.9 Å². The van der Waals surface area contributed by atoms with Crippen molar-refractivity contribution >= 4 is 28.7 Å². The monoisotopic (exact) mass is 380 g/mol. The Bertz CT molecular complexity index is 1080. The quantitative estimate of drug-likeness (QED) is 0.488. The number of carbonyl (C=O) groups excluding carboxylic acids is 3. The van der Waals surface area contributed by atoms with Gasteiger partial charge >= 0.3 is 5.97 Å². The molecule has 0 fully saturated rings. The summed E-state index contributed by atoms with van der Waals surface area (Å²) < 4.78 is 5.92. The van der Waals surface area contributed by atoms with Gasteiger partial charge in [-0.3, -0.25) is 34.6 Å². The van der Waals surface area contributed by atoms with Crippen molar-refractivity contribution in [2.75, 3.05) is 6.61 Å². The molecule has 0 aliphatic rings. The van der Waals surface area contributed by atoms with Gasteiger partial charge in [0.25, 0.3) is 17.4 Å². The minimum absolute atomic E-state index is 0.364. The van der Waals surface area contributed by atoms with Crippen LogP contribution in [0, 0.1) is 0 Å². The lowest BCUT2D eigenvalue weighted by Crippen LogP contribution is -2.43. The molecule has 0 saturated heterocycles. The van der Waals surface area contributed by atoms with Crippen LogP contribution in [0.5, 0.6) is 0 Å². The first-order valence-electron chi connectivity index (χ1n) is 8.28. The molecule has 0 unspecified atom stereocenters. The van der Waals surface area contributed by atoms with Crippen LogP contribution in [0.2, 0.25) is 0 Å². The number of ether oxygens (including phenoxy) is 1. The number of benzene rings is 2. The van der Waals surface area contributed by atoms with Gasteiger partial charge in [0.15, 0.2) is 6.61 Å². The van der Waals surface area contributed by atoms with E-state index >= 15 is 0 Å². The molecule has 0 aliphatic carbocycles. The Morgan fingerprint density at radius 2 is 1.68 bits per heavy atom. The lowest BCUT2D eigenvalue weighted by molar-refractivity contribution is -0.149. The van der Waals surface area contributed by atoms with Crippen molar-refractivity contribution < 1.29 is 19.1 Å². The molecule has 9 heteroatoms. The minimum Gasteiger partial charge on any atom is -0.454 e. The van der Waals surface area contributed by atoms with Crippen LogP contribution < -0.4 is 16.4 Å². The van der Waals surface area contributed by atoms with Crippen molar-refractivity contribution in [1.82, 2.24) is 20.4 Å². The van der Waals surface area contributed by atoms with Crippen molar-refractivity contribution in [2.45, 2.75) is 6.54 Å². The Morgan fingerprint density at radius 3 is 2.46 bits per heavy atom. The standard InChI is InChI=1S/C19H16N4O5/c24-16(21-22-18(26)13-6-2-1-3-7-13)11-28-17(25)10-23-12-20-15-9-5-4-8-14(15)19(23)27/h1-9,12H,10-11H2,(H,21,24)(H,22,26). The Hall–Kier alpha value is -4.01. The first-order valence-corrected chi connectivity index (χ1v) is 8.28. The van der Waals surface area contributed by atoms with E-state index in [1.165, 1.54) is 6.33 Å². The molecule has 1 aromatic heterocycles. The van der Waals surface area contributed by atoms with Crippen molar-refractivity contribution in [3.63, 3.8) is 0 Å². The maximum Gasteiger partial charge on any atom is 0.326 e. The third-order valence-corrected chi connectivity index (χ3v) is 3.75. The summed E-state index contributed by atoms with van der Waals surface area (Å²) in [7, 11) is 0. The number of carbonyl (C=O) groups is 3. The summed E-state index contributed by atoms with van der Waals surface area (Å²) in [6, 6.07) is 15.0. The summed E-state index contributed by atoms with van der Waals surface area (Å²) in [5.41, 5.74) is 4.84. The molecule has 1 heterocycles. The molecule has 0 saturated carbocycles. The predicted octanol–water partition coefficient (Wildman–Crippen LogP) is 0.401. The summed E-state index contributed by atoms with van der Waals surface area (Å²) in [5, 5.41) is 0.374. The molecule has 0 radical (unpaired) electrons. The molecule has 2 aromatic carbocycles. The highest BCUT2D eigenvalue weighted by atomic mass is 16.5. The lowest BCUT2D eigenvalue weighted by atomic mass is 10.2. The molecule has 0 spiro atoms. The van der Waals surface area contributed by atoms with Crippen molar-refractivity contribution in [1.29, 1.82) is 0 Å². The number of amides is 2. The average Bonchev–Trinajstić information content (AvgIpc) is 2.73. The topological polar surface area (TPSA) is 119 Å². The van der Waals surface area contributed by atoms with Crippen molar-refractivity contribution in [3.8, 4) is 0 Å². The van der Waals surface area contributed by atoms with Crippen molar-refractivity contribution in [3.05, 3.63) is 76.8 Å². The number of hydrogen-bond acceptors (Lipinski definition) is 6. The van der Waals surface area contributed by atoms with Gasteiger partial charge in [-0.1, -0.05) is 30.3 Å². The van der Waals surface area contributed by atoms with Crippen LogP contribution in [-0.2, 0) is 20.9 Å².